The Morgan fingerprint density at radius 1 is 1.15 bits per heavy atom. The van der Waals surface area contributed by atoms with Gasteiger partial charge in [-0.15, -0.1) is 0 Å². The SMILES string of the molecule is COc1ccc(C#Cc2nc3ncccc3nc2OCC2CCCO2)cc1. The van der Waals surface area contributed by atoms with E-state index in [1.165, 1.54) is 0 Å². The standard InChI is InChI=1S/C21H19N3O3/c1-25-16-9-6-15(7-10-16)8-11-19-21(27-14-17-4-3-13-26-17)24-18-5-2-12-22-20(18)23-19/h2,5-7,9-10,12,17H,3-4,13-14H2,1H3. The molecule has 0 spiro atoms. The summed E-state index contributed by atoms with van der Waals surface area (Å²) in [5.74, 6) is 7.36. The lowest BCUT2D eigenvalue weighted by Gasteiger charge is -2.11. The largest absolute Gasteiger partial charge is 0.497 e. The molecule has 6 heteroatoms. The van der Waals surface area contributed by atoms with Gasteiger partial charge < -0.3 is 14.2 Å². The Balaban J connectivity index is 1.64. The topological polar surface area (TPSA) is 66.4 Å². The predicted molar refractivity (Wildman–Crippen MR) is 101 cm³/mol. The Labute approximate surface area is 157 Å². The number of nitrogens with zero attached hydrogens (tertiary/aromatic N) is 3. The van der Waals surface area contributed by atoms with Crippen LogP contribution in [0.5, 0.6) is 11.6 Å². The van der Waals surface area contributed by atoms with E-state index in [1.807, 2.05) is 36.4 Å². The number of hydrogen-bond acceptors (Lipinski definition) is 6. The van der Waals surface area contributed by atoms with Gasteiger partial charge in [0.05, 0.1) is 13.2 Å². The summed E-state index contributed by atoms with van der Waals surface area (Å²) in [6.07, 6.45) is 3.84. The minimum absolute atomic E-state index is 0.0961. The molecule has 4 rings (SSSR count). The van der Waals surface area contributed by atoms with Gasteiger partial charge in [0.25, 0.3) is 0 Å². The van der Waals surface area contributed by atoms with E-state index in [0.717, 1.165) is 30.8 Å². The van der Waals surface area contributed by atoms with E-state index in [9.17, 15) is 0 Å². The number of hydrogen-bond donors (Lipinski definition) is 0. The molecular weight excluding hydrogens is 342 g/mol. The first-order valence-electron chi connectivity index (χ1n) is 8.85. The minimum Gasteiger partial charge on any atom is -0.497 e. The molecule has 2 aromatic heterocycles. The van der Waals surface area contributed by atoms with Crippen LogP contribution in [0.4, 0.5) is 0 Å². The minimum atomic E-state index is 0.0961. The van der Waals surface area contributed by atoms with Gasteiger partial charge in [-0.2, -0.15) is 0 Å². The highest BCUT2D eigenvalue weighted by Gasteiger charge is 2.18. The van der Waals surface area contributed by atoms with Gasteiger partial charge >= 0.3 is 0 Å². The molecule has 0 bridgehead atoms. The zero-order chi connectivity index (χ0) is 18.5. The maximum absolute atomic E-state index is 5.91. The molecule has 1 unspecified atom stereocenters. The molecule has 1 saturated heterocycles. The molecule has 0 radical (unpaired) electrons. The molecule has 0 saturated carbocycles. The van der Waals surface area contributed by atoms with Crippen molar-refractivity contribution in [3.05, 3.63) is 53.9 Å². The van der Waals surface area contributed by atoms with Crippen molar-refractivity contribution in [2.24, 2.45) is 0 Å². The lowest BCUT2D eigenvalue weighted by atomic mass is 10.2. The Kier molecular flexibility index (Phi) is 5.13. The van der Waals surface area contributed by atoms with Crippen LogP contribution in [0.1, 0.15) is 24.1 Å². The van der Waals surface area contributed by atoms with Crippen molar-refractivity contribution >= 4 is 11.2 Å². The smallest absolute Gasteiger partial charge is 0.249 e. The van der Waals surface area contributed by atoms with Crippen LogP contribution in [-0.2, 0) is 4.74 Å². The third-order valence-corrected chi connectivity index (χ3v) is 4.25. The summed E-state index contributed by atoms with van der Waals surface area (Å²) in [5, 5.41) is 0. The molecule has 27 heavy (non-hydrogen) atoms. The lowest BCUT2D eigenvalue weighted by Crippen LogP contribution is -2.17. The van der Waals surface area contributed by atoms with Crippen LogP contribution >= 0.6 is 0 Å². The molecule has 3 heterocycles. The van der Waals surface area contributed by atoms with E-state index >= 15 is 0 Å². The summed E-state index contributed by atoms with van der Waals surface area (Å²) in [4.78, 5) is 13.3. The van der Waals surface area contributed by atoms with E-state index in [2.05, 4.69) is 26.8 Å². The number of methoxy groups -OCH3 is 1. The molecule has 0 amide bonds. The number of ether oxygens (including phenoxy) is 3. The fourth-order valence-corrected chi connectivity index (χ4v) is 2.81. The Morgan fingerprint density at radius 3 is 2.81 bits per heavy atom. The zero-order valence-electron chi connectivity index (χ0n) is 15.0. The Bertz CT molecular complexity index is 987. The van der Waals surface area contributed by atoms with Crippen molar-refractivity contribution in [3.8, 4) is 23.5 Å². The highest BCUT2D eigenvalue weighted by atomic mass is 16.5. The van der Waals surface area contributed by atoms with Crippen LogP contribution in [0, 0.1) is 11.8 Å². The predicted octanol–water partition coefficient (Wildman–Crippen LogP) is 2.99. The number of pyridine rings is 1. The van der Waals surface area contributed by atoms with Crippen molar-refractivity contribution < 1.29 is 14.2 Å². The van der Waals surface area contributed by atoms with Gasteiger partial charge in [-0.1, -0.05) is 5.92 Å². The summed E-state index contributed by atoms with van der Waals surface area (Å²) >= 11 is 0. The average Bonchev–Trinajstić information content (AvgIpc) is 3.24. The Morgan fingerprint density at radius 2 is 2.04 bits per heavy atom. The monoisotopic (exact) mass is 361 g/mol. The molecular formula is C21H19N3O3. The molecule has 6 nitrogen and oxygen atoms in total. The molecule has 1 fully saturated rings. The summed E-state index contributed by atoms with van der Waals surface area (Å²) in [6, 6.07) is 11.2. The van der Waals surface area contributed by atoms with Crippen molar-refractivity contribution in [2.75, 3.05) is 20.3 Å². The quantitative estimate of drug-likeness (QED) is 0.666. The number of fused-ring (bicyclic) bond motifs is 1. The van der Waals surface area contributed by atoms with E-state index in [-0.39, 0.29) is 6.10 Å². The summed E-state index contributed by atoms with van der Waals surface area (Å²) < 4.78 is 16.7. The van der Waals surface area contributed by atoms with Gasteiger partial charge in [-0.05, 0) is 55.2 Å². The molecule has 0 aliphatic carbocycles. The van der Waals surface area contributed by atoms with Gasteiger partial charge in [-0.3, -0.25) is 0 Å². The first-order chi connectivity index (χ1) is 13.3. The van der Waals surface area contributed by atoms with Crippen LogP contribution in [0.25, 0.3) is 11.2 Å². The molecule has 1 aliphatic rings. The third kappa shape index (κ3) is 4.15. The second-order valence-corrected chi connectivity index (χ2v) is 6.15. The van der Waals surface area contributed by atoms with Gasteiger partial charge in [0.1, 0.15) is 17.9 Å². The van der Waals surface area contributed by atoms with Crippen LogP contribution in [-0.4, -0.2) is 41.4 Å². The number of rotatable bonds is 4. The van der Waals surface area contributed by atoms with E-state index < -0.39 is 0 Å². The maximum Gasteiger partial charge on any atom is 0.249 e. The van der Waals surface area contributed by atoms with Crippen LogP contribution < -0.4 is 9.47 Å². The van der Waals surface area contributed by atoms with Gasteiger partial charge in [0.2, 0.25) is 5.88 Å². The molecule has 136 valence electrons. The first-order valence-corrected chi connectivity index (χ1v) is 8.85. The van der Waals surface area contributed by atoms with E-state index in [1.54, 1.807) is 13.3 Å². The number of aromatic nitrogens is 3. The normalized spacial score (nSPS) is 16.0. The maximum atomic E-state index is 5.91. The van der Waals surface area contributed by atoms with Crippen LogP contribution in [0.3, 0.4) is 0 Å². The second-order valence-electron chi connectivity index (χ2n) is 6.15. The van der Waals surface area contributed by atoms with Gasteiger partial charge in [0.15, 0.2) is 11.3 Å². The highest BCUT2D eigenvalue weighted by molar-refractivity contribution is 5.71. The summed E-state index contributed by atoms with van der Waals surface area (Å²) in [5.41, 5.74) is 2.54. The molecule has 1 aromatic carbocycles. The fourth-order valence-electron chi connectivity index (χ4n) is 2.81. The van der Waals surface area contributed by atoms with Crippen molar-refractivity contribution in [3.63, 3.8) is 0 Å². The average molecular weight is 361 g/mol. The van der Waals surface area contributed by atoms with Gasteiger partial charge in [0, 0.05) is 18.4 Å². The number of benzene rings is 1. The molecule has 1 aliphatic heterocycles. The van der Waals surface area contributed by atoms with Crippen LogP contribution in [0.15, 0.2) is 42.6 Å². The van der Waals surface area contributed by atoms with Crippen molar-refractivity contribution in [2.45, 2.75) is 18.9 Å². The lowest BCUT2D eigenvalue weighted by molar-refractivity contribution is 0.0662. The second kappa shape index (κ2) is 8.02. The third-order valence-electron chi connectivity index (χ3n) is 4.25. The van der Waals surface area contributed by atoms with Gasteiger partial charge in [-0.25, -0.2) is 15.0 Å². The summed E-state index contributed by atoms with van der Waals surface area (Å²) in [6.45, 7) is 1.23. The highest BCUT2D eigenvalue weighted by Crippen LogP contribution is 2.19. The van der Waals surface area contributed by atoms with Crippen LogP contribution in [0.2, 0.25) is 0 Å². The van der Waals surface area contributed by atoms with E-state index in [0.29, 0.717) is 29.3 Å². The Hall–Kier alpha value is -3.17. The first kappa shape index (κ1) is 17.3. The van der Waals surface area contributed by atoms with Crippen molar-refractivity contribution in [1.82, 2.24) is 15.0 Å². The summed E-state index contributed by atoms with van der Waals surface area (Å²) in [7, 11) is 1.63. The zero-order valence-corrected chi connectivity index (χ0v) is 15.0. The molecule has 1 atom stereocenters. The molecule has 0 N–H and O–H groups in total. The fraction of sp³-hybridized carbons (Fsp3) is 0.286. The molecule has 3 aromatic rings. The van der Waals surface area contributed by atoms with E-state index in [4.69, 9.17) is 14.2 Å². The van der Waals surface area contributed by atoms with Crippen molar-refractivity contribution in [1.29, 1.82) is 0 Å².